The number of amides is 2. The number of nitrogens with two attached hydrogens (primary N) is 2. The lowest BCUT2D eigenvalue weighted by Crippen LogP contribution is -2.68. The molecule has 0 bridgehead atoms. The molecule has 2 aliphatic heterocycles. The number of nitrogens with one attached hydrogen (secondary N) is 3. The van der Waals surface area contributed by atoms with E-state index < -0.39 is 84.6 Å². The van der Waals surface area contributed by atoms with Crippen molar-refractivity contribution in [1.29, 1.82) is 0 Å². The first kappa shape index (κ1) is 33.2. The lowest BCUT2D eigenvalue weighted by Gasteiger charge is -2.48. The maximum atomic E-state index is 12.5. The van der Waals surface area contributed by atoms with Crippen LogP contribution in [-0.2, 0) is 23.7 Å². The van der Waals surface area contributed by atoms with Crippen LogP contribution in [0.25, 0.3) is 0 Å². The minimum Gasteiger partial charge on any atom is -0.465 e. The van der Waals surface area contributed by atoms with Gasteiger partial charge in [0.25, 0.3) is 0 Å². The van der Waals surface area contributed by atoms with Gasteiger partial charge < -0.3 is 71.5 Å². The molecular weight excluding hydrogens is 546 g/mol. The summed E-state index contributed by atoms with van der Waals surface area (Å²) in [6.45, 7) is 6.34. The van der Waals surface area contributed by atoms with Crippen molar-refractivity contribution >= 4 is 12.2 Å². The van der Waals surface area contributed by atoms with Crippen LogP contribution in [0.2, 0.25) is 0 Å². The van der Waals surface area contributed by atoms with E-state index in [1.807, 2.05) is 0 Å². The first-order valence-electron chi connectivity index (χ1n) is 13.5. The first-order chi connectivity index (χ1) is 19.0. The molecule has 0 aromatic heterocycles. The number of carbonyl (C=O) groups is 2. The summed E-state index contributed by atoms with van der Waals surface area (Å²) >= 11 is 0. The summed E-state index contributed by atoms with van der Waals surface area (Å²) in [5.74, 6) is 0.242. The van der Waals surface area contributed by atoms with Gasteiger partial charge in [0.1, 0.15) is 41.4 Å². The maximum absolute atomic E-state index is 12.5. The predicted molar refractivity (Wildman–Crippen MR) is 142 cm³/mol. The molecule has 3 aliphatic rings. The second-order valence-corrected chi connectivity index (χ2v) is 11.9. The van der Waals surface area contributed by atoms with Crippen LogP contribution in [0.1, 0.15) is 40.5 Å². The molecule has 16 heteroatoms. The molecule has 0 aromatic carbocycles. The molecule has 0 unspecified atom stereocenters. The number of hydrogen-bond donors (Lipinski definition) is 9. The van der Waals surface area contributed by atoms with E-state index in [9.17, 15) is 24.9 Å². The second kappa shape index (κ2) is 13.4. The molecule has 236 valence electrons. The molecule has 1 aliphatic carbocycles. The molecule has 1 saturated carbocycles. The predicted octanol–water partition coefficient (Wildman–Crippen LogP) is -1.98. The zero-order valence-electron chi connectivity index (χ0n) is 24.0. The van der Waals surface area contributed by atoms with Crippen LogP contribution in [-0.4, -0.2) is 125 Å². The van der Waals surface area contributed by atoms with Crippen LogP contribution in [0.3, 0.4) is 0 Å². The molecule has 41 heavy (non-hydrogen) atoms. The summed E-state index contributed by atoms with van der Waals surface area (Å²) in [4.78, 5) is 23.5. The van der Waals surface area contributed by atoms with Gasteiger partial charge in [-0.25, -0.2) is 9.59 Å². The number of ether oxygens (including phenoxy) is 5. The van der Waals surface area contributed by atoms with E-state index in [1.54, 1.807) is 33.9 Å². The summed E-state index contributed by atoms with van der Waals surface area (Å²) in [6.07, 6.45) is -7.36. The Morgan fingerprint density at radius 3 is 2.29 bits per heavy atom. The molecule has 0 radical (unpaired) electrons. The highest BCUT2D eigenvalue weighted by Gasteiger charge is 2.51. The van der Waals surface area contributed by atoms with E-state index in [-0.39, 0.29) is 31.8 Å². The number of likely N-dealkylation sites (N-methyl/N-ethyl adjacent to an activating group) is 1. The molecule has 16 nitrogen and oxygen atoms in total. The van der Waals surface area contributed by atoms with Gasteiger partial charge in [-0.1, -0.05) is 0 Å². The van der Waals surface area contributed by atoms with Gasteiger partial charge >= 0.3 is 12.2 Å². The molecule has 1 saturated heterocycles. The third-order valence-corrected chi connectivity index (χ3v) is 7.10. The fraction of sp³-hybridized carbons (Fsp3) is 0.840. The second-order valence-electron chi connectivity index (χ2n) is 11.9. The average molecular weight is 592 g/mol. The lowest BCUT2D eigenvalue weighted by atomic mass is 9.84. The SMILES string of the molecule is CN[C@@H]1[C@@H](O)[C@@H](O[C@@H]2[C@@H](O)[C@H](O[C@H]3OC(CNC(=O)O)=CC[C@H]3NC(=O)OC(C)(C)C)[C@@H](N)C[C@H]2N)OC[C@]1(C)O. The lowest BCUT2D eigenvalue weighted by molar-refractivity contribution is -0.303. The van der Waals surface area contributed by atoms with E-state index in [2.05, 4.69) is 16.0 Å². The summed E-state index contributed by atoms with van der Waals surface area (Å²) < 4.78 is 28.8. The van der Waals surface area contributed by atoms with Gasteiger partial charge in [0, 0.05) is 12.1 Å². The van der Waals surface area contributed by atoms with Gasteiger partial charge in [-0.2, -0.15) is 0 Å². The van der Waals surface area contributed by atoms with Crippen molar-refractivity contribution in [3.63, 3.8) is 0 Å². The summed E-state index contributed by atoms with van der Waals surface area (Å²) in [7, 11) is 1.58. The standard InChI is InChI=1S/C25H45N5O11/c1-24(2,3)41-23(35)30-14-7-6-11(9-29-22(33)34)38-20(14)39-17-12(26)8-13(27)18(15(17)31)40-21-16(32)19(28-5)25(4,36)10-37-21/h6,12-21,28-29,31-32,36H,7-10,26-27H2,1-5H3,(H,30,35)(H,33,34)/t12-,13+,14+,15-,16+,17+,18-,19+,20+,21+,25-/m0/s1. The Labute approximate surface area is 238 Å². The van der Waals surface area contributed by atoms with Crippen molar-refractivity contribution in [2.24, 2.45) is 11.5 Å². The monoisotopic (exact) mass is 591 g/mol. The third-order valence-electron chi connectivity index (χ3n) is 7.10. The fourth-order valence-corrected chi connectivity index (χ4v) is 5.15. The van der Waals surface area contributed by atoms with Gasteiger partial charge in [-0.15, -0.1) is 0 Å². The third kappa shape index (κ3) is 8.62. The molecule has 2 amide bonds. The van der Waals surface area contributed by atoms with Crippen molar-refractivity contribution in [3.8, 4) is 0 Å². The highest BCUT2D eigenvalue weighted by molar-refractivity contribution is 5.68. The van der Waals surface area contributed by atoms with Crippen LogP contribution in [0, 0.1) is 0 Å². The van der Waals surface area contributed by atoms with Crippen molar-refractivity contribution in [2.75, 3.05) is 20.2 Å². The van der Waals surface area contributed by atoms with Crippen molar-refractivity contribution in [1.82, 2.24) is 16.0 Å². The minimum atomic E-state index is -1.42. The number of aliphatic hydroxyl groups is 3. The van der Waals surface area contributed by atoms with Crippen LogP contribution < -0.4 is 27.4 Å². The maximum Gasteiger partial charge on any atom is 0.408 e. The Morgan fingerprint density at radius 2 is 1.73 bits per heavy atom. The van der Waals surface area contributed by atoms with Crippen LogP contribution in [0.5, 0.6) is 0 Å². The average Bonchev–Trinajstić information content (AvgIpc) is 2.84. The normalized spacial score (nSPS) is 39.7. The fourth-order valence-electron chi connectivity index (χ4n) is 5.15. The molecular formula is C25H45N5O11. The number of hydrogen-bond acceptors (Lipinski definition) is 13. The van der Waals surface area contributed by atoms with E-state index >= 15 is 0 Å². The smallest absolute Gasteiger partial charge is 0.408 e. The van der Waals surface area contributed by atoms with Gasteiger partial charge in [-0.05, 0) is 53.7 Å². The van der Waals surface area contributed by atoms with Crippen molar-refractivity contribution in [3.05, 3.63) is 11.8 Å². The van der Waals surface area contributed by atoms with E-state index in [4.69, 9.17) is 40.3 Å². The van der Waals surface area contributed by atoms with Gasteiger partial charge in [-0.3, -0.25) is 0 Å². The topological polar surface area (TPSA) is 249 Å². The Bertz CT molecular complexity index is 945. The van der Waals surface area contributed by atoms with Crippen LogP contribution in [0.4, 0.5) is 9.59 Å². The number of carbonyl (C=O) groups excluding carboxylic acids is 1. The van der Waals surface area contributed by atoms with Crippen LogP contribution >= 0.6 is 0 Å². The highest BCUT2D eigenvalue weighted by atomic mass is 16.7. The summed E-state index contributed by atoms with van der Waals surface area (Å²) in [5.41, 5.74) is 10.5. The molecule has 0 spiro atoms. The number of rotatable bonds is 8. The Morgan fingerprint density at radius 1 is 1.12 bits per heavy atom. The van der Waals surface area contributed by atoms with E-state index in [1.165, 1.54) is 6.92 Å². The molecule has 11 atom stereocenters. The number of aliphatic hydroxyl groups excluding tert-OH is 2. The van der Waals surface area contributed by atoms with Crippen molar-refractivity contribution in [2.45, 2.75) is 113 Å². The van der Waals surface area contributed by atoms with Gasteiger partial charge in [0.2, 0.25) is 6.29 Å². The first-order valence-corrected chi connectivity index (χ1v) is 13.5. The number of alkyl carbamates (subject to hydrolysis) is 1. The molecule has 2 fully saturated rings. The van der Waals surface area contributed by atoms with E-state index in [0.717, 1.165) is 0 Å². The summed E-state index contributed by atoms with van der Waals surface area (Å²) in [5, 5.41) is 49.3. The molecule has 3 rings (SSSR count). The molecule has 11 N–H and O–H groups in total. The van der Waals surface area contributed by atoms with Gasteiger partial charge in [0.15, 0.2) is 6.29 Å². The van der Waals surface area contributed by atoms with Crippen LogP contribution in [0.15, 0.2) is 11.8 Å². The quantitative estimate of drug-likeness (QED) is 0.148. The Balaban J connectivity index is 1.76. The minimum absolute atomic E-state index is 0.148. The van der Waals surface area contributed by atoms with Gasteiger partial charge in [0.05, 0.1) is 25.2 Å². The van der Waals surface area contributed by atoms with Crippen molar-refractivity contribution < 1.29 is 53.7 Å². The Hall–Kier alpha value is -2.28. The zero-order valence-corrected chi connectivity index (χ0v) is 24.0. The largest absolute Gasteiger partial charge is 0.465 e. The zero-order chi connectivity index (χ0) is 30.7. The number of carboxylic acid groups (broad SMARTS) is 1. The highest BCUT2D eigenvalue weighted by Crippen LogP contribution is 2.31. The van der Waals surface area contributed by atoms with E-state index in [0.29, 0.717) is 0 Å². The molecule has 2 heterocycles. The Kier molecular flexibility index (Phi) is 10.8. The molecule has 0 aromatic rings. The summed E-state index contributed by atoms with van der Waals surface area (Å²) in [6, 6.07) is -3.10.